The van der Waals surface area contributed by atoms with Crippen LogP contribution in [0.5, 0.6) is 11.5 Å². The van der Waals surface area contributed by atoms with Crippen LogP contribution in [-0.4, -0.2) is 18.9 Å². The molecular formula is C16H21NO2. The highest BCUT2D eigenvalue weighted by Crippen LogP contribution is 2.48. The molecule has 3 nitrogen and oxygen atoms in total. The number of benzene rings is 1. The van der Waals surface area contributed by atoms with Crippen LogP contribution >= 0.6 is 0 Å². The maximum absolute atomic E-state index is 6.02. The normalized spacial score (nSPS) is 27.3. The molecule has 3 heteroatoms. The van der Waals surface area contributed by atoms with Crippen LogP contribution in [0, 0.1) is 5.92 Å². The molecule has 3 aliphatic rings. The molecule has 1 saturated heterocycles. The molecule has 0 aromatic heterocycles. The molecular weight excluding hydrogens is 238 g/mol. The largest absolute Gasteiger partial charge is 0.448 e. The molecule has 1 N–H and O–H groups in total. The Morgan fingerprint density at radius 2 is 2.05 bits per heavy atom. The third kappa shape index (κ3) is 2.10. The van der Waals surface area contributed by atoms with E-state index in [9.17, 15) is 0 Å². The molecule has 1 saturated carbocycles. The Balaban J connectivity index is 1.48. The zero-order chi connectivity index (χ0) is 12.7. The third-order valence-electron chi connectivity index (χ3n) is 4.64. The second-order valence-electron chi connectivity index (χ2n) is 6.17. The van der Waals surface area contributed by atoms with Gasteiger partial charge in [0.05, 0.1) is 0 Å². The first kappa shape index (κ1) is 11.6. The summed E-state index contributed by atoms with van der Waals surface area (Å²) in [5.74, 6) is 2.37. The number of nitrogens with one attached hydrogen (secondary N) is 1. The second kappa shape index (κ2) is 4.41. The van der Waals surface area contributed by atoms with Crippen molar-refractivity contribution in [2.75, 3.05) is 13.1 Å². The van der Waals surface area contributed by atoms with E-state index in [2.05, 4.69) is 23.5 Å². The van der Waals surface area contributed by atoms with Crippen LogP contribution in [0.25, 0.3) is 0 Å². The van der Waals surface area contributed by atoms with Crippen LogP contribution in [0.1, 0.15) is 37.7 Å². The summed E-state index contributed by atoms with van der Waals surface area (Å²) in [6, 6.07) is 6.49. The number of fused-ring (bicyclic) bond motifs is 1. The smallest absolute Gasteiger partial charge is 0.251 e. The average Bonchev–Trinajstić information content (AvgIpc) is 2.79. The van der Waals surface area contributed by atoms with Gasteiger partial charge in [-0.15, -0.1) is 0 Å². The van der Waals surface area contributed by atoms with Gasteiger partial charge >= 0.3 is 0 Å². The second-order valence-corrected chi connectivity index (χ2v) is 6.17. The molecule has 1 atom stereocenters. The molecule has 1 aromatic carbocycles. The standard InChI is InChI=1S/C16H21NO2/c1-3-13(11-17-8-1)9-12-4-5-14-15(10-12)19-16(18-14)6-2-7-16/h4-5,10,13,17H,1-3,6-9,11H2. The summed E-state index contributed by atoms with van der Waals surface area (Å²) in [4.78, 5) is 0. The minimum absolute atomic E-state index is 0.298. The monoisotopic (exact) mass is 259 g/mol. The predicted octanol–water partition coefficient (Wildman–Crippen LogP) is 2.88. The van der Waals surface area contributed by atoms with E-state index in [1.165, 1.54) is 31.4 Å². The van der Waals surface area contributed by atoms with Gasteiger partial charge in [-0.05, 0) is 62.4 Å². The van der Waals surface area contributed by atoms with E-state index in [1.54, 1.807) is 0 Å². The van der Waals surface area contributed by atoms with E-state index in [4.69, 9.17) is 9.47 Å². The van der Waals surface area contributed by atoms with E-state index < -0.39 is 0 Å². The molecule has 0 amide bonds. The van der Waals surface area contributed by atoms with Crippen molar-refractivity contribution in [3.05, 3.63) is 23.8 Å². The number of ether oxygens (including phenoxy) is 2. The fourth-order valence-corrected chi connectivity index (χ4v) is 3.37. The van der Waals surface area contributed by atoms with Gasteiger partial charge in [0.25, 0.3) is 5.79 Å². The highest BCUT2D eigenvalue weighted by molar-refractivity contribution is 5.46. The maximum Gasteiger partial charge on any atom is 0.251 e. The van der Waals surface area contributed by atoms with Gasteiger partial charge in [0, 0.05) is 12.8 Å². The summed E-state index contributed by atoms with van der Waals surface area (Å²) in [5.41, 5.74) is 1.38. The first-order valence-corrected chi connectivity index (χ1v) is 7.55. The fourth-order valence-electron chi connectivity index (χ4n) is 3.37. The summed E-state index contributed by atoms with van der Waals surface area (Å²) < 4.78 is 12.0. The predicted molar refractivity (Wildman–Crippen MR) is 73.6 cm³/mol. The highest BCUT2D eigenvalue weighted by atomic mass is 16.7. The minimum atomic E-state index is -0.298. The van der Waals surface area contributed by atoms with Gasteiger partial charge in [0.1, 0.15) is 0 Å². The summed E-state index contributed by atoms with van der Waals surface area (Å²) in [6.45, 7) is 2.33. The highest BCUT2D eigenvalue weighted by Gasteiger charge is 2.47. The van der Waals surface area contributed by atoms with Crippen molar-refractivity contribution in [1.82, 2.24) is 5.32 Å². The first-order valence-electron chi connectivity index (χ1n) is 7.55. The first-order chi connectivity index (χ1) is 9.33. The Morgan fingerprint density at radius 3 is 2.79 bits per heavy atom. The molecule has 1 spiro atoms. The number of piperidine rings is 1. The molecule has 0 bridgehead atoms. The third-order valence-corrected chi connectivity index (χ3v) is 4.64. The van der Waals surface area contributed by atoms with Gasteiger partial charge in [-0.25, -0.2) is 0 Å². The van der Waals surface area contributed by atoms with Crippen LogP contribution < -0.4 is 14.8 Å². The molecule has 1 unspecified atom stereocenters. The Bertz CT molecular complexity index is 476. The maximum atomic E-state index is 6.02. The average molecular weight is 259 g/mol. The minimum Gasteiger partial charge on any atom is -0.448 e. The van der Waals surface area contributed by atoms with Crippen LogP contribution in [0.3, 0.4) is 0 Å². The van der Waals surface area contributed by atoms with E-state index in [1.807, 2.05) is 0 Å². The van der Waals surface area contributed by atoms with Gasteiger partial charge in [-0.1, -0.05) is 6.07 Å². The van der Waals surface area contributed by atoms with Gasteiger partial charge in [-0.2, -0.15) is 0 Å². The lowest BCUT2D eigenvalue weighted by Crippen LogP contribution is -2.45. The van der Waals surface area contributed by atoms with E-state index in [0.717, 1.165) is 43.2 Å². The molecule has 2 aliphatic heterocycles. The van der Waals surface area contributed by atoms with Crippen molar-refractivity contribution in [3.8, 4) is 11.5 Å². The quantitative estimate of drug-likeness (QED) is 0.886. The Morgan fingerprint density at radius 1 is 1.16 bits per heavy atom. The van der Waals surface area contributed by atoms with Crippen LogP contribution in [0.2, 0.25) is 0 Å². The van der Waals surface area contributed by atoms with Crippen molar-refractivity contribution in [2.24, 2.45) is 5.92 Å². The lowest BCUT2D eigenvalue weighted by Gasteiger charge is -2.35. The molecule has 1 aromatic rings. The van der Waals surface area contributed by atoms with Crippen molar-refractivity contribution in [3.63, 3.8) is 0 Å². The van der Waals surface area contributed by atoms with Gasteiger partial charge in [0.2, 0.25) is 0 Å². The van der Waals surface area contributed by atoms with Gasteiger partial charge < -0.3 is 14.8 Å². The SMILES string of the molecule is c1cc2c(cc1CC1CCCNC1)OC1(CCC1)O2. The lowest BCUT2D eigenvalue weighted by atomic mass is 9.91. The summed E-state index contributed by atoms with van der Waals surface area (Å²) in [6.07, 6.45) is 7.07. The Kier molecular flexibility index (Phi) is 2.69. The molecule has 2 fully saturated rings. The molecule has 1 aliphatic carbocycles. The van der Waals surface area contributed by atoms with Crippen molar-refractivity contribution in [1.29, 1.82) is 0 Å². The number of hydrogen-bond acceptors (Lipinski definition) is 3. The van der Waals surface area contributed by atoms with Crippen LogP contribution in [0.15, 0.2) is 18.2 Å². The Labute approximate surface area is 114 Å². The molecule has 102 valence electrons. The summed E-state index contributed by atoms with van der Waals surface area (Å²) >= 11 is 0. The molecule has 2 heterocycles. The molecule has 4 rings (SSSR count). The Hall–Kier alpha value is -1.22. The summed E-state index contributed by atoms with van der Waals surface area (Å²) in [5, 5.41) is 3.48. The topological polar surface area (TPSA) is 30.5 Å². The van der Waals surface area contributed by atoms with Crippen LogP contribution in [-0.2, 0) is 6.42 Å². The lowest BCUT2D eigenvalue weighted by molar-refractivity contribution is -0.138. The zero-order valence-corrected chi connectivity index (χ0v) is 11.3. The van der Waals surface area contributed by atoms with Gasteiger partial charge in [-0.3, -0.25) is 0 Å². The van der Waals surface area contributed by atoms with Gasteiger partial charge in [0.15, 0.2) is 11.5 Å². The van der Waals surface area contributed by atoms with E-state index >= 15 is 0 Å². The van der Waals surface area contributed by atoms with Crippen molar-refractivity contribution in [2.45, 2.75) is 44.3 Å². The zero-order valence-electron chi connectivity index (χ0n) is 11.3. The van der Waals surface area contributed by atoms with E-state index in [0.29, 0.717) is 0 Å². The fraction of sp³-hybridized carbons (Fsp3) is 0.625. The van der Waals surface area contributed by atoms with E-state index in [-0.39, 0.29) is 5.79 Å². The number of hydrogen-bond donors (Lipinski definition) is 1. The summed E-state index contributed by atoms with van der Waals surface area (Å²) in [7, 11) is 0. The number of rotatable bonds is 2. The molecule has 19 heavy (non-hydrogen) atoms. The molecule has 0 radical (unpaired) electrons. The van der Waals surface area contributed by atoms with Crippen LogP contribution in [0.4, 0.5) is 0 Å². The van der Waals surface area contributed by atoms with Crippen molar-refractivity contribution < 1.29 is 9.47 Å². The van der Waals surface area contributed by atoms with Crippen molar-refractivity contribution >= 4 is 0 Å².